The number of amidine groups is 1. The Balaban J connectivity index is 2.66. The highest BCUT2D eigenvalue weighted by molar-refractivity contribution is 7.18. The van der Waals surface area contributed by atoms with Crippen molar-refractivity contribution in [3.8, 4) is 0 Å². The molecule has 0 aromatic carbocycles. The highest BCUT2D eigenvalue weighted by Gasteiger charge is 2.04. The molecule has 1 heterocycles. The van der Waals surface area contributed by atoms with Crippen molar-refractivity contribution in [3.63, 3.8) is 0 Å². The Labute approximate surface area is 91.7 Å². The summed E-state index contributed by atoms with van der Waals surface area (Å²) >= 11 is 7.22. The number of rotatable bonds is 4. The third-order valence-electron chi connectivity index (χ3n) is 1.51. The monoisotopic (exact) mass is 233 g/mol. The van der Waals surface area contributed by atoms with E-state index >= 15 is 0 Å². The molecule has 0 amide bonds. The van der Waals surface area contributed by atoms with E-state index in [9.17, 15) is 0 Å². The van der Waals surface area contributed by atoms with E-state index in [4.69, 9.17) is 22.2 Å². The number of nitrogens with zero attached hydrogens (tertiary/aromatic N) is 1. The lowest BCUT2D eigenvalue weighted by atomic mass is 10.4. The molecule has 0 atom stereocenters. The second-order valence-corrected chi connectivity index (χ2v) is 4.19. The van der Waals surface area contributed by atoms with Crippen LogP contribution in [0.4, 0.5) is 0 Å². The second kappa shape index (κ2) is 5.98. The molecule has 0 aliphatic heterocycles. The van der Waals surface area contributed by atoms with Crippen LogP contribution in [0.2, 0.25) is 4.34 Å². The Bertz CT molecular complexity index is 313. The molecule has 0 aliphatic carbocycles. The molecule has 0 aliphatic rings. The fourth-order valence-electron chi connectivity index (χ4n) is 0.885. The molecule has 0 saturated heterocycles. The van der Waals surface area contributed by atoms with Crippen molar-refractivity contribution in [1.29, 1.82) is 0 Å². The van der Waals surface area contributed by atoms with Crippen molar-refractivity contribution in [2.24, 2.45) is 10.8 Å². The molecule has 1 aromatic heterocycles. The number of nitrogens with two attached hydrogens (primary N) is 1. The van der Waals surface area contributed by atoms with Crippen LogP contribution in [0.3, 0.4) is 0 Å². The summed E-state index contributed by atoms with van der Waals surface area (Å²) in [4.78, 5) is 5.15. The molecule has 0 saturated carbocycles. The average Bonchev–Trinajstić information content (AvgIpc) is 2.60. The summed E-state index contributed by atoms with van der Waals surface area (Å²) in [5.41, 5.74) is 2.54. The number of thiophene rings is 1. The van der Waals surface area contributed by atoms with Gasteiger partial charge in [0.2, 0.25) is 0 Å². The van der Waals surface area contributed by atoms with Crippen LogP contribution in [0.5, 0.6) is 0 Å². The van der Waals surface area contributed by atoms with E-state index in [1.807, 2.05) is 12.1 Å². The fraction of sp³-hybridized carbons (Fsp3) is 0.375. The number of hydrogen-bond acceptors (Lipinski definition) is 4. The van der Waals surface area contributed by atoms with Crippen LogP contribution in [0.1, 0.15) is 4.88 Å². The van der Waals surface area contributed by atoms with E-state index in [1.165, 1.54) is 11.3 Å². The Morgan fingerprint density at radius 1 is 1.71 bits per heavy atom. The number of methoxy groups -OCH3 is 1. The third kappa shape index (κ3) is 3.26. The lowest BCUT2D eigenvalue weighted by Crippen LogP contribution is -2.30. The molecular weight excluding hydrogens is 222 g/mol. The van der Waals surface area contributed by atoms with Gasteiger partial charge in [-0.3, -0.25) is 4.99 Å². The number of aliphatic imine (C=N–C) groups is 1. The van der Waals surface area contributed by atoms with Crippen molar-refractivity contribution in [2.75, 3.05) is 20.3 Å². The van der Waals surface area contributed by atoms with Gasteiger partial charge in [0.15, 0.2) is 5.84 Å². The summed E-state index contributed by atoms with van der Waals surface area (Å²) in [6.07, 6.45) is 0. The first kappa shape index (κ1) is 11.5. The first-order chi connectivity index (χ1) is 6.77. The predicted octanol–water partition coefficient (Wildman–Crippen LogP) is 1.26. The Morgan fingerprint density at radius 3 is 3.00 bits per heavy atom. The number of nitrogens with one attached hydrogen (secondary N) is 1. The maximum Gasteiger partial charge on any atom is 0.152 e. The number of hydrogen-bond donors (Lipinski definition) is 2. The van der Waals surface area contributed by atoms with Crippen molar-refractivity contribution in [2.45, 2.75) is 0 Å². The van der Waals surface area contributed by atoms with E-state index in [0.717, 1.165) is 9.21 Å². The minimum atomic E-state index is 0.574. The molecule has 0 bridgehead atoms. The second-order valence-electron chi connectivity index (χ2n) is 2.47. The van der Waals surface area contributed by atoms with E-state index in [1.54, 1.807) is 7.11 Å². The Morgan fingerprint density at radius 2 is 2.50 bits per heavy atom. The van der Waals surface area contributed by atoms with Crippen LogP contribution >= 0.6 is 22.9 Å². The zero-order valence-electron chi connectivity index (χ0n) is 7.79. The first-order valence-corrected chi connectivity index (χ1v) is 5.23. The van der Waals surface area contributed by atoms with E-state index in [0.29, 0.717) is 19.0 Å². The van der Waals surface area contributed by atoms with Crippen LogP contribution in [-0.2, 0) is 4.74 Å². The maximum absolute atomic E-state index is 5.79. The standard InChI is InChI=1S/C8H12ClN3OS/c1-13-5-4-11-8(12-10)6-2-3-7(9)14-6/h2-3H,4-5,10H2,1H3,(H,11,12). The lowest BCUT2D eigenvalue weighted by molar-refractivity contribution is 0.208. The van der Waals surface area contributed by atoms with Crippen LogP contribution in [0.15, 0.2) is 17.1 Å². The molecule has 0 fully saturated rings. The molecule has 0 spiro atoms. The molecule has 14 heavy (non-hydrogen) atoms. The van der Waals surface area contributed by atoms with Crippen LogP contribution in [-0.4, -0.2) is 26.1 Å². The van der Waals surface area contributed by atoms with Gasteiger partial charge in [-0.2, -0.15) is 0 Å². The maximum atomic E-state index is 5.79. The Kier molecular flexibility index (Phi) is 4.89. The van der Waals surface area contributed by atoms with Crippen molar-refractivity contribution < 1.29 is 4.74 Å². The van der Waals surface area contributed by atoms with Crippen LogP contribution < -0.4 is 11.3 Å². The molecule has 1 aromatic rings. The summed E-state index contributed by atoms with van der Waals surface area (Å²) in [6, 6.07) is 3.68. The predicted molar refractivity (Wildman–Crippen MR) is 59.9 cm³/mol. The summed E-state index contributed by atoms with van der Waals surface area (Å²) in [5, 5.41) is 0. The summed E-state index contributed by atoms with van der Waals surface area (Å²) < 4.78 is 5.60. The van der Waals surface area contributed by atoms with Gasteiger partial charge in [-0.1, -0.05) is 11.6 Å². The molecular formula is C8H12ClN3OS. The summed E-state index contributed by atoms with van der Waals surface area (Å²) in [6.45, 7) is 1.15. The number of ether oxygens (including phenoxy) is 1. The minimum Gasteiger partial charge on any atom is -0.383 e. The van der Waals surface area contributed by atoms with Gasteiger partial charge in [-0.25, -0.2) is 5.84 Å². The zero-order valence-corrected chi connectivity index (χ0v) is 9.36. The van der Waals surface area contributed by atoms with E-state index < -0.39 is 0 Å². The molecule has 4 nitrogen and oxygen atoms in total. The van der Waals surface area contributed by atoms with Gasteiger partial charge in [0.25, 0.3) is 0 Å². The normalized spacial score (nSPS) is 11.8. The van der Waals surface area contributed by atoms with Gasteiger partial charge < -0.3 is 10.2 Å². The van der Waals surface area contributed by atoms with Gasteiger partial charge in [0.1, 0.15) is 0 Å². The number of halogens is 1. The lowest BCUT2D eigenvalue weighted by Gasteiger charge is -2.02. The zero-order chi connectivity index (χ0) is 10.4. The van der Waals surface area contributed by atoms with E-state index in [2.05, 4.69) is 10.4 Å². The minimum absolute atomic E-state index is 0.574. The first-order valence-electron chi connectivity index (χ1n) is 4.03. The van der Waals surface area contributed by atoms with Crippen molar-refractivity contribution in [1.82, 2.24) is 5.43 Å². The number of hydrazine groups is 1. The largest absolute Gasteiger partial charge is 0.383 e. The average molecular weight is 234 g/mol. The topological polar surface area (TPSA) is 59.6 Å². The molecule has 0 unspecified atom stereocenters. The van der Waals surface area contributed by atoms with Crippen LogP contribution in [0, 0.1) is 0 Å². The molecule has 1 rings (SSSR count). The summed E-state index contributed by atoms with van der Waals surface area (Å²) in [5.74, 6) is 5.98. The Hall–Kier alpha value is -0.620. The molecule has 3 N–H and O–H groups in total. The molecule has 78 valence electrons. The van der Waals surface area contributed by atoms with Gasteiger partial charge in [-0.05, 0) is 12.1 Å². The van der Waals surface area contributed by atoms with Crippen molar-refractivity contribution in [3.05, 3.63) is 21.3 Å². The smallest absolute Gasteiger partial charge is 0.152 e. The quantitative estimate of drug-likeness (QED) is 0.271. The molecule has 6 heteroatoms. The van der Waals surface area contributed by atoms with Crippen molar-refractivity contribution >= 4 is 28.8 Å². The van der Waals surface area contributed by atoms with Gasteiger partial charge in [0, 0.05) is 7.11 Å². The van der Waals surface area contributed by atoms with Gasteiger partial charge >= 0.3 is 0 Å². The highest BCUT2D eigenvalue weighted by Crippen LogP contribution is 2.21. The van der Waals surface area contributed by atoms with Gasteiger partial charge in [0.05, 0.1) is 22.4 Å². The van der Waals surface area contributed by atoms with Crippen LogP contribution in [0.25, 0.3) is 0 Å². The van der Waals surface area contributed by atoms with E-state index in [-0.39, 0.29) is 0 Å². The SMILES string of the molecule is COCCN=C(NN)c1ccc(Cl)s1. The summed E-state index contributed by atoms with van der Waals surface area (Å²) in [7, 11) is 1.63. The van der Waals surface area contributed by atoms with Gasteiger partial charge in [-0.15, -0.1) is 11.3 Å². The fourth-order valence-corrected chi connectivity index (χ4v) is 1.90. The highest BCUT2D eigenvalue weighted by atomic mass is 35.5. The molecule has 0 radical (unpaired) electrons. The third-order valence-corrected chi connectivity index (χ3v) is 2.75.